The Kier molecular flexibility index (Phi) is 4.09. The van der Waals surface area contributed by atoms with E-state index in [9.17, 15) is 4.39 Å². The van der Waals surface area contributed by atoms with E-state index in [4.69, 9.17) is 0 Å². The van der Waals surface area contributed by atoms with Crippen molar-refractivity contribution in [3.63, 3.8) is 0 Å². The number of hydrogen-bond donors (Lipinski definition) is 2. The van der Waals surface area contributed by atoms with Crippen LogP contribution in [-0.4, -0.2) is 20.2 Å². The molecule has 22 heavy (non-hydrogen) atoms. The van der Waals surface area contributed by atoms with E-state index in [1.165, 1.54) is 6.07 Å². The number of aromatic amines is 1. The minimum atomic E-state index is -0.169. The molecule has 0 aliphatic carbocycles. The van der Waals surface area contributed by atoms with E-state index in [0.717, 1.165) is 17.2 Å². The van der Waals surface area contributed by atoms with Crippen molar-refractivity contribution in [1.29, 1.82) is 0 Å². The molecule has 2 N–H and O–H groups in total. The highest BCUT2D eigenvalue weighted by atomic mass is 19.1. The first-order chi connectivity index (χ1) is 10.7. The maximum atomic E-state index is 13.6. The van der Waals surface area contributed by atoms with Crippen molar-refractivity contribution in [2.24, 2.45) is 0 Å². The molecule has 0 saturated heterocycles. The molecule has 3 aromatic rings. The van der Waals surface area contributed by atoms with Crippen LogP contribution in [0.3, 0.4) is 0 Å². The van der Waals surface area contributed by atoms with Crippen molar-refractivity contribution in [1.82, 2.24) is 20.2 Å². The third-order valence-corrected chi connectivity index (χ3v) is 3.31. The van der Waals surface area contributed by atoms with Crippen LogP contribution in [0.15, 0.2) is 42.7 Å². The standard InChI is InChI=1S/C16H16FN5/c1-11-18-9-14(10-19-11)20-16-8-13(21-22-16)7-6-12-4-2-3-5-15(12)17/h2-5,8-10H,6-7H2,1H3,(H2,20,21,22). The van der Waals surface area contributed by atoms with Crippen molar-refractivity contribution in [2.75, 3.05) is 5.32 Å². The number of nitrogens with one attached hydrogen (secondary N) is 2. The zero-order chi connectivity index (χ0) is 15.4. The van der Waals surface area contributed by atoms with Gasteiger partial charge >= 0.3 is 0 Å². The van der Waals surface area contributed by atoms with Gasteiger partial charge in [0, 0.05) is 11.8 Å². The summed E-state index contributed by atoms with van der Waals surface area (Å²) in [5.74, 6) is 1.24. The first-order valence-corrected chi connectivity index (χ1v) is 7.04. The summed E-state index contributed by atoms with van der Waals surface area (Å²) in [5, 5.41) is 10.3. The van der Waals surface area contributed by atoms with Crippen LogP contribution in [0.4, 0.5) is 15.9 Å². The fourth-order valence-electron chi connectivity index (χ4n) is 2.13. The van der Waals surface area contributed by atoms with Gasteiger partial charge in [-0.25, -0.2) is 14.4 Å². The van der Waals surface area contributed by atoms with Crippen LogP contribution in [-0.2, 0) is 12.8 Å². The molecule has 0 radical (unpaired) electrons. The monoisotopic (exact) mass is 297 g/mol. The number of aryl methyl sites for hydroxylation is 3. The molecule has 0 aliphatic rings. The maximum absolute atomic E-state index is 13.6. The lowest BCUT2D eigenvalue weighted by Gasteiger charge is -2.01. The van der Waals surface area contributed by atoms with Crippen molar-refractivity contribution >= 4 is 11.5 Å². The predicted molar refractivity (Wildman–Crippen MR) is 82.4 cm³/mol. The lowest BCUT2D eigenvalue weighted by atomic mass is 10.1. The fourth-order valence-corrected chi connectivity index (χ4v) is 2.13. The second kappa shape index (κ2) is 6.34. The Balaban J connectivity index is 1.61. The average Bonchev–Trinajstić information content (AvgIpc) is 2.96. The van der Waals surface area contributed by atoms with E-state index < -0.39 is 0 Å². The van der Waals surface area contributed by atoms with Gasteiger partial charge in [0.05, 0.1) is 18.1 Å². The summed E-state index contributed by atoms with van der Waals surface area (Å²) in [5.41, 5.74) is 2.43. The van der Waals surface area contributed by atoms with E-state index >= 15 is 0 Å². The normalized spacial score (nSPS) is 10.6. The zero-order valence-electron chi connectivity index (χ0n) is 12.2. The van der Waals surface area contributed by atoms with E-state index in [1.807, 2.05) is 19.1 Å². The van der Waals surface area contributed by atoms with Crippen LogP contribution in [0.2, 0.25) is 0 Å². The van der Waals surface area contributed by atoms with Crippen LogP contribution in [0, 0.1) is 12.7 Å². The van der Waals surface area contributed by atoms with Crippen molar-refractivity contribution in [3.05, 3.63) is 65.6 Å². The third kappa shape index (κ3) is 3.46. The van der Waals surface area contributed by atoms with Crippen LogP contribution < -0.4 is 5.32 Å². The van der Waals surface area contributed by atoms with Gasteiger partial charge in [0.15, 0.2) is 5.82 Å². The Morgan fingerprint density at radius 3 is 2.68 bits per heavy atom. The molecule has 0 atom stereocenters. The SMILES string of the molecule is Cc1ncc(Nc2cc(CCc3ccccc3F)[nH]n2)cn1. The summed E-state index contributed by atoms with van der Waals surface area (Å²) in [6, 6.07) is 8.72. The van der Waals surface area contributed by atoms with Crippen LogP contribution >= 0.6 is 0 Å². The molecular formula is C16H16FN5. The molecule has 1 aromatic carbocycles. The van der Waals surface area contributed by atoms with Crippen molar-refractivity contribution < 1.29 is 4.39 Å². The summed E-state index contributed by atoms with van der Waals surface area (Å²) in [4.78, 5) is 8.23. The highest BCUT2D eigenvalue weighted by molar-refractivity contribution is 5.53. The number of H-pyrrole nitrogens is 1. The van der Waals surface area contributed by atoms with E-state index in [-0.39, 0.29) is 5.82 Å². The summed E-state index contributed by atoms with van der Waals surface area (Å²) in [7, 11) is 0. The minimum absolute atomic E-state index is 0.169. The van der Waals surface area contributed by atoms with Gasteiger partial charge in [-0.05, 0) is 31.4 Å². The number of aromatic nitrogens is 4. The van der Waals surface area contributed by atoms with Crippen LogP contribution in [0.1, 0.15) is 17.1 Å². The van der Waals surface area contributed by atoms with Gasteiger partial charge in [-0.2, -0.15) is 5.10 Å². The second-order valence-corrected chi connectivity index (χ2v) is 5.01. The third-order valence-electron chi connectivity index (χ3n) is 3.31. The predicted octanol–water partition coefficient (Wildman–Crippen LogP) is 3.18. The molecule has 2 aromatic heterocycles. The van der Waals surface area contributed by atoms with Crippen LogP contribution in [0.25, 0.3) is 0 Å². The van der Waals surface area contributed by atoms with E-state index in [2.05, 4.69) is 25.5 Å². The molecule has 6 heteroatoms. The summed E-state index contributed by atoms with van der Waals surface area (Å²) < 4.78 is 13.6. The first kappa shape index (κ1) is 14.2. The van der Waals surface area contributed by atoms with E-state index in [1.54, 1.807) is 24.5 Å². The number of anilines is 2. The topological polar surface area (TPSA) is 66.5 Å². The Labute approximate surface area is 127 Å². The van der Waals surface area contributed by atoms with Crippen molar-refractivity contribution in [2.45, 2.75) is 19.8 Å². The quantitative estimate of drug-likeness (QED) is 0.759. The molecule has 0 aliphatic heterocycles. The molecule has 0 unspecified atom stereocenters. The summed E-state index contributed by atoms with van der Waals surface area (Å²) in [6.07, 6.45) is 4.73. The lowest BCUT2D eigenvalue weighted by molar-refractivity contribution is 0.608. The molecule has 112 valence electrons. The van der Waals surface area contributed by atoms with E-state index in [0.29, 0.717) is 24.2 Å². The zero-order valence-corrected chi connectivity index (χ0v) is 12.2. The highest BCUT2D eigenvalue weighted by Gasteiger charge is 2.05. The number of halogens is 1. The average molecular weight is 297 g/mol. The van der Waals surface area contributed by atoms with Crippen LogP contribution in [0.5, 0.6) is 0 Å². The summed E-state index contributed by atoms with van der Waals surface area (Å²) in [6.45, 7) is 1.83. The molecule has 0 amide bonds. The Morgan fingerprint density at radius 1 is 1.14 bits per heavy atom. The number of hydrogen-bond acceptors (Lipinski definition) is 4. The van der Waals surface area contributed by atoms with Gasteiger partial charge in [-0.3, -0.25) is 5.10 Å². The smallest absolute Gasteiger partial charge is 0.152 e. The minimum Gasteiger partial charge on any atom is -0.336 e. The molecule has 2 heterocycles. The summed E-state index contributed by atoms with van der Waals surface area (Å²) >= 11 is 0. The molecule has 5 nitrogen and oxygen atoms in total. The maximum Gasteiger partial charge on any atom is 0.152 e. The molecule has 0 fully saturated rings. The molecular weight excluding hydrogens is 281 g/mol. The molecule has 0 bridgehead atoms. The van der Waals surface area contributed by atoms with Gasteiger partial charge in [0.1, 0.15) is 11.6 Å². The van der Waals surface area contributed by atoms with Gasteiger partial charge in [-0.1, -0.05) is 18.2 Å². The van der Waals surface area contributed by atoms with Crippen molar-refractivity contribution in [3.8, 4) is 0 Å². The first-order valence-electron chi connectivity index (χ1n) is 7.04. The van der Waals surface area contributed by atoms with Gasteiger partial charge < -0.3 is 5.32 Å². The van der Waals surface area contributed by atoms with Gasteiger partial charge in [0.25, 0.3) is 0 Å². The van der Waals surface area contributed by atoms with Gasteiger partial charge in [-0.15, -0.1) is 0 Å². The lowest BCUT2D eigenvalue weighted by Crippen LogP contribution is -1.94. The Hall–Kier alpha value is -2.76. The Bertz CT molecular complexity index is 751. The number of benzene rings is 1. The Morgan fingerprint density at radius 2 is 1.91 bits per heavy atom. The molecule has 0 saturated carbocycles. The fraction of sp³-hybridized carbons (Fsp3) is 0.188. The number of rotatable bonds is 5. The van der Waals surface area contributed by atoms with Gasteiger partial charge in [0.2, 0.25) is 0 Å². The largest absolute Gasteiger partial charge is 0.336 e. The molecule has 0 spiro atoms. The highest BCUT2D eigenvalue weighted by Crippen LogP contribution is 2.15. The second-order valence-electron chi connectivity index (χ2n) is 5.01. The molecule has 3 rings (SSSR count). The number of nitrogens with zero attached hydrogens (tertiary/aromatic N) is 3.